The van der Waals surface area contributed by atoms with E-state index in [0.717, 1.165) is 25.9 Å². The van der Waals surface area contributed by atoms with Crippen molar-refractivity contribution in [2.45, 2.75) is 50.7 Å². The van der Waals surface area contributed by atoms with E-state index in [1.54, 1.807) is 0 Å². The maximum atomic E-state index is 12.1. The van der Waals surface area contributed by atoms with Crippen LogP contribution in [0.5, 0.6) is 0 Å². The van der Waals surface area contributed by atoms with Crippen LogP contribution >= 0.6 is 11.6 Å². The maximum absolute atomic E-state index is 12.1. The van der Waals surface area contributed by atoms with Gasteiger partial charge in [-0.15, -0.1) is 0 Å². The minimum Gasteiger partial charge on any atom is -0.455 e. The number of fused-ring (bicyclic) bond motifs is 1. The van der Waals surface area contributed by atoms with Gasteiger partial charge in [0.15, 0.2) is 28.7 Å². The highest BCUT2D eigenvalue weighted by molar-refractivity contribution is 7.86. The van der Waals surface area contributed by atoms with Gasteiger partial charge in [0, 0.05) is 13.5 Å². The minimum atomic E-state index is -4.03. The molecule has 3 heterocycles. The first-order chi connectivity index (χ1) is 17.2. The van der Waals surface area contributed by atoms with Gasteiger partial charge in [-0.1, -0.05) is 24.9 Å². The van der Waals surface area contributed by atoms with Crippen LogP contribution in [0.2, 0.25) is 5.15 Å². The Labute approximate surface area is 218 Å². The summed E-state index contributed by atoms with van der Waals surface area (Å²) in [5, 5.41) is -0.0499. The molecule has 1 unspecified atom stereocenters. The van der Waals surface area contributed by atoms with Gasteiger partial charge in [0.25, 0.3) is 20.2 Å². The summed E-state index contributed by atoms with van der Waals surface area (Å²) in [6.07, 6.45) is 0.451. The van der Waals surface area contributed by atoms with Gasteiger partial charge in [0.2, 0.25) is 5.95 Å². The van der Waals surface area contributed by atoms with E-state index in [2.05, 4.69) is 15.0 Å². The number of esters is 1. The van der Waals surface area contributed by atoms with E-state index < -0.39 is 63.5 Å². The van der Waals surface area contributed by atoms with Crippen molar-refractivity contribution in [3.63, 3.8) is 0 Å². The molecule has 0 radical (unpaired) electrons. The first-order valence-electron chi connectivity index (χ1n) is 11.0. The first kappa shape index (κ1) is 29.4. The van der Waals surface area contributed by atoms with Crippen LogP contribution in [0, 0.1) is 0 Å². The Balaban J connectivity index is 2.18. The van der Waals surface area contributed by atoms with Crippen molar-refractivity contribution in [3.05, 3.63) is 11.5 Å². The van der Waals surface area contributed by atoms with E-state index >= 15 is 0 Å². The largest absolute Gasteiger partial charge is 0.455 e. The van der Waals surface area contributed by atoms with E-state index in [-0.39, 0.29) is 28.9 Å². The number of nitrogens with two attached hydrogens (primary N) is 1. The molecule has 1 saturated heterocycles. The van der Waals surface area contributed by atoms with E-state index in [4.69, 9.17) is 39.9 Å². The molecule has 3 rings (SSSR count). The number of unbranched alkanes of at least 4 members (excludes halogenated alkanes) is 1. The van der Waals surface area contributed by atoms with Gasteiger partial charge in [-0.25, -0.2) is 4.98 Å². The highest BCUT2D eigenvalue weighted by Gasteiger charge is 2.60. The second-order valence-corrected chi connectivity index (χ2v) is 12.1. The quantitative estimate of drug-likeness (QED) is 0.155. The lowest BCUT2D eigenvalue weighted by Gasteiger charge is -2.33. The molecule has 1 fully saturated rings. The lowest BCUT2D eigenvalue weighted by molar-refractivity contribution is -0.158. The molecule has 0 saturated carbocycles. The van der Waals surface area contributed by atoms with Crippen molar-refractivity contribution in [3.8, 4) is 0 Å². The predicted molar refractivity (Wildman–Crippen MR) is 129 cm³/mol. The molecule has 208 valence electrons. The topological polar surface area (TPSA) is 201 Å². The van der Waals surface area contributed by atoms with Crippen LogP contribution in [-0.4, -0.2) is 92.5 Å². The highest BCUT2D eigenvalue weighted by atomic mass is 35.5. The predicted octanol–water partition coefficient (Wildman–Crippen LogP) is 0.399. The average Bonchev–Trinajstić information content (AvgIpc) is 3.30. The van der Waals surface area contributed by atoms with Crippen molar-refractivity contribution in [1.29, 1.82) is 0 Å². The van der Waals surface area contributed by atoms with E-state index in [1.807, 2.05) is 6.92 Å². The Kier molecular flexibility index (Phi) is 8.98. The van der Waals surface area contributed by atoms with Gasteiger partial charge in [-0.05, 0) is 6.42 Å². The average molecular weight is 586 g/mol. The summed E-state index contributed by atoms with van der Waals surface area (Å²) in [4.78, 5) is 24.3. The monoisotopic (exact) mass is 585 g/mol. The van der Waals surface area contributed by atoms with E-state index in [0.29, 0.717) is 6.42 Å². The Morgan fingerprint density at radius 1 is 1.19 bits per heavy atom. The molecule has 0 spiro atoms. The van der Waals surface area contributed by atoms with E-state index in [9.17, 15) is 21.6 Å². The van der Waals surface area contributed by atoms with Gasteiger partial charge < -0.3 is 19.9 Å². The summed E-state index contributed by atoms with van der Waals surface area (Å²) < 4.78 is 76.8. The van der Waals surface area contributed by atoms with Crippen molar-refractivity contribution >= 4 is 54.9 Å². The molecule has 18 heteroatoms. The number of aromatic nitrogens is 4. The van der Waals surface area contributed by atoms with E-state index in [1.165, 1.54) is 10.9 Å². The lowest BCUT2D eigenvalue weighted by Crippen LogP contribution is -2.53. The summed E-state index contributed by atoms with van der Waals surface area (Å²) in [7, 11) is -8.06. The number of nitrogens with zero attached hydrogens (tertiary/aromatic N) is 4. The fraction of sp³-hybridized carbons (Fsp3) is 0.684. The molecule has 37 heavy (non-hydrogen) atoms. The van der Waals surface area contributed by atoms with Gasteiger partial charge in [-0.2, -0.15) is 26.8 Å². The molecule has 0 aliphatic carbocycles. The fourth-order valence-corrected chi connectivity index (χ4v) is 4.77. The molecule has 2 aromatic heterocycles. The van der Waals surface area contributed by atoms with Gasteiger partial charge >= 0.3 is 5.97 Å². The molecule has 1 aliphatic rings. The van der Waals surface area contributed by atoms with Crippen molar-refractivity contribution in [2.24, 2.45) is 0 Å². The summed E-state index contributed by atoms with van der Waals surface area (Å²) in [5.41, 5.74) is 4.12. The summed E-state index contributed by atoms with van der Waals surface area (Å²) >= 11 is 6.14. The highest BCUT2D eigenvalue weighted by Crippen LogP contribution is 2.43. The Hall–Kier alpha value is -2.15. The molecular formula is C19H28ClN5O10S2. The smallest absolute Gasteiger partial charge is 0.303 e. The maximum Gasteiger partial charge on any atom is 0.303 e. The van der Waals surface area contributed by atoms with Gasteiger partial charge in [-0.3, -0.25) is 17.7 Å². The third-order valence-corrected chi connectivity index (χ3v) is 6.61. The minimum absolute atomic E-state index is 0.0499. The van der Waals surface area contributed by atoms with Crippen LogP contribution < -0.4 is 5.73 Å². The second kappa shape index (κ2) is 11.3. The number of carbonyl (C=O) groups is 1. The van der Waals surface area contributed by atoms with Crippen LogP contribution in [0.25, 0.3) is 11.2 Å². The molecule has 0 aromatic carbocycles. The van der Waals surface area contributed by atoms with Crippen LogP contribution in [0.3, 0.4) is 0 Å². The van der Waals surface area contributed by atoms with Crippen LogP contribution in [0.4, 0.5) is 5.95 Å². The SMILES string of the molecule is CCCCO[C@@H]1C(OC(C)=O)[C@H](n2cnc3c(Cl)nc(N)nc32)OC1(COS(C)(=O)=O)COS(C)(=O)=O. The summed E-state index contributed by atoms with van der Waals surface area (Å²) in [5.74, 6) is -0.896. The zero-order valence-corrected chi connectivity index (χ0v) is 22.9. The molecule has 2 N–H and O–H groups in total. The Bertz CT molecular complexity index is 1310. The second-order valence-electron chi connectivity index (χ2n) is 8.42. The normalized spacial score (nSPS) is 21.9. The van der Waals surface area contributed by atoms with Crippen LogP contribution in [0.15, 0.2) is 6.33 Å². The van der Waals surface area contributed by atoms with Crippen molar-refractivity contribution < 1.29 is 44.2 Å². The fourth-order valence-electron chi connectivity index (χ4n) is 3.72. The molecule has 3 atom stereocenters. The molecule has 0 amide bonds. The van der Waals surface area contributed by atoms with Crippen molar-refractivity contribution in [1.82, 2.24) is 19.5 Å². The number of hydrogen-bond acceptors (Lipinski definition) is 14. The number of hydrogen-bond donors (Lipinski definition) is 1. The standard InChI is InChI=1S/C19H28ClN5O10S2/c1-5-6-7-31-14-13(34-11(2)26)17(25-10-22-12-15(20)23-18(21)24-16(12)25)35-19(14,8-32-36(3,27)28)9-33-37(4,29)30/h10,13-14,17H,5-9H2,1-4H3,(H2,21,23,24)/t13?,14-,17-/m1/s1. The molecule has 2 aromatic rings. The van der Waals surface area contributed by atoms with Crippen LogP contribution in [-0.2, 0) is 47.6 Å². The third-order valence-electron chi connectivity index (χ3n) is 5.26. The van der Waals surface area contributed by atoms with Gasteiger partial charge in [0.05, 0.1) is 18.8 Å². The molecule has 0 bridgehead atoms. The number of imidazole rings is 1. The Morgan fingerprint density at radius 3 is 2.35 bits per heavy atom. The Morgan fingerprint density at radius 2 is 1.81 bits per heavy atom. The number of halogens is 1. The number of carbonyl (C=O) groups excluding carboxylic acids is 1. The molecular weight excluding hydrogens is 558 g/mol. The number of nitrogen functional groups attached to an aromatic ring is 1. The van der Waals surface area contributed by atoms with Gasteiger partial charge in [0.1, 0.15) is 24.8 Å². The lowest BCUT2D eigenvalue weighted by atomic mass is 9.96. The zero-order chi connectivity index (χ0) is 27.6. The first-order valence-corrected chi connectivity index (χ1v) is 15.0. The number of ether oxygens (including phenoxy) is 3. The summed E-state index contributed by atoms with van der Waals surface area (Å²) in [6.45, 7) is 1.76. The van der Waals surface area contributed by atoms with Crippen molar-refractivity contribution in [2.75, 3.05) is 38.1 Å². The third kappa shape index (κ3) is 7.24. The number of rotatable bonds is 12. The number of anilines is 1. The summed E-state index contributed by atoms with van der Waals surface area (Å²) in [6, 6.07) is 0. The molecule has 15 nitrogen and oxygen atoms in total. The van der Waals surface area contributed by atoms with Crippen LogP contribution in [0.1, 0.15) is 32.9 Å². The zero-order valence-electron chi connectivity index (χ0n) is 20.5. The molecule has 1 aliphatic heterocycles.